The highest BCUT2D eigenvalue weighted by molar-refractivity contribution is 9.10. The number of hydrogen-bond acceptors (Lipinski definition) is 2. The lowest BCUT2D eigenvalue weighted by molar-refractivity contribution is -0.139. The molecule has 0 aliphatic carbocycles. The molecule has 1 atom stereocenters. The van der Waals surface area contributed by atoms with Crippen molar-refractivity contribution in [3.05, 3.63) is 46.0 Å². The van der Waals surface area contributed by atoms with Gasteiger partial charge in [0.05, 0.1) is 6.04 Å². The SMILES string of the molecule is CC1=CC(=O)N(C(C)c2cccc(Br)c2)C1=O. The molecule has 4 heteroatoms. The molecule has 17 heavy (non-hydrogen) atoms. The lowest BCUT2D eigenvalue weighted by Gasteiger charge is -2.23. The maximum Gasteiger partial charge on any atom is 0.257 e. The summed E-state index contributed by atoms with van der Waals surface area (Å²) in [6.45, 7) is 3.51. The summed E-state index contributed by atoms with van der Waals surface area (Å²) in [7, 11) is 0. The van der Waals surface area contributed by atoms with Crippen molar-refractivity contribution in [3.63, 3.8) is 0 Å². The van der Waals surface area contributed by atoms with Gasteiger partial charge in [-0.1, -0.05) is 28.1 Å². The number of amides is 2. The summed E-state index contributed by atoms with van der Waals surface area (Å²) in [6.07, 6.45) is 1.39. The van der Waals surface area contributed by atoms with Gasteiger partial charge in [-0.2, -0.15) is 0 Å². The largest absolute Gasteiger partial charge is 0.269 e. The first-order valence-corrected chi connectivity index (χ1v) is 6.11. The Balaban J connectivity index is 2.31. The van der Waals surface area contributed by atoms with Crippen LogP contribution in [0, 0.1) is 0 Å². The summed E-state index contributed by atoms with van der Waals surface area (Å²) in [5, 5.41) is 0. The standard InChI is InChI=1S/C13H12BrNO2/c1-8-6-12(16)15(13(8)17)9(2)10-4-3-5-11(14)7-10/h3-7,9H,1-2H3. The van der Waals surface area contributed by atoms with Gasteiger partial charge in [-0.3, -0.25) is 14.5 Å². The molecule has 1 aliphatic rings. The summed E-state index contributed by atoms with van der Waals surface area (Å²) < 4.78 is 0.936. The molecule has 1 aromatic carbocycles. The zero-order chi connectivity index (χ0) is 12.6. The molecule has 3 nitrogen and oxygen atoms in total. The fourth-order valence-corrected chi connectivity index (χ4v) is 2.31. The van der Waals surface area contributed by atoms with E-state index in [1.54, 1.807) is 6.92 Å². The molecular weight excluding hydrogens is 282 g/mol. The second-order valence-corrected chi connectivity index (χ2v) is 4.99. The number of imide groups is 1. The van der Waals surface area contributed by atoms with E-state index in [9.17, 15) is 9.59 Å². The van der Waals surface area contributed by atoms with Crippen LogP contribution >= 0.6 is 15.9 Å². The monoisotopic (exact) mass is 293 g/mol. The number of carbonyl (C=O) groups excluding carboxylic acids is 2. The van der Waals surface area contributed by atoms with Gasteiger partial charge in [0.25, 0.3) is 11.8 Å². The quantitative estimate of drug-likeness (QED) is 0.787. The highest BCUT2D eigenvalue weighted by atomic mass is 79.9. The molecule has 0 bridgehead atoms. The van der Waals surface area contributed by atoms with Gasteiger partial charge in [-0.05, 0) is 31.5 Å². The van der Waals surface area contributed by atoms with Crippen LogP contribution in [0.5, 0.6) is 0 Å². The highest BCUT2D eigenvalue weighted by Gasteiger charge is 2.32. The molecule has 1 unspecified atom stereocenters. The first-order valence-electron chi connectivity index (χ1n) is 5.32. The predicted octanol–water partition coefficient (Wildman–Crippen LogP) is 2.83. The third-order valence-electron chi connectivity index (χ3n) is 2.85. The summed E-state index contributed by atoms with van der Waals surface area (Å²) in [4.78, 5) is 24.8. The molecule has 1 aromatic rings. The minimum absolute atomic E-state index is 0.206. The average molecular weight is 294 g/mol. The smallest absolute Gasteiger partial charge is 0.257 e. The molecule has 2 amide bonds. The van der Waals surface area contributed by atoms with Crippen LogP contribution in [0.4, 0.5) is 0 Å². The van der Waals surface area contributed by atoms with Crippen molar-refractivity contribution >= 4 is 27.7 Å². The summed E-state index contributed by atoms with van der Waals surface area (Å²) >= 11 is 3.38. The van der Waals surface area contributed by atoms with Gasteiger partial charge >= 0.3 is 0 Å². The first-order chi connectivity index (χ1) is 8.00. The van der Waals surface area contributed by atoms with Crippen LogP contribution in [0.1, 0.15) is 25.5 Å². The Hall–Kier alpha value is -1.42. The van der Waals surface area contributed by atoms with Crippen molar-refractivity contribution < 1.29 is 9.59 Å². The summed E-state index contributed by atoms with van der Waals surface area (Å²) in [6, 6.07) is 7.37. The fourth-order valence-electron chi connectivity index (χ4n) is 1.89. The second kappa shape index (κ2) is 4.45. The van der Waals surface area contributed by atoms with E-state index in [4.69, 9.17) is 0 Å². The Labute approximate surface area is 108 Å². The van der Waals surface area contributed by atoms with Crippen LogP contribution in [0.25, 0.3) is 0 Å². The van der Waals surface area contributed by atoms with E-state index in [1.807, 2.05) is 31.2 Å². The Morgan fingerprint density at radius 1 is 1.29 bits per heavy atom. The van der Waals surface area contributed by atoms with E-state index in [0.29, 0.717) is 5.57 Å². The van der Waals surface area contributed by atoms with Crippen molar-refractivity contribution in [2.45, 2.75) is 19.9 Å². The fraction of sp³-hybridized carbons (Fsp3) is 0.231. The third-order valence-corrected chi connectivity index (χ3v) is 3.35. The molecule has 0 saturated heterocycles. The molecule has 0 radical (unpaired) electrons. The summed E-state index contributed by atoms with van der Waals surface area (Å²) in [5.41, 5.74) is 1.43. The normalized spacial score (nSPS) is 17.4. The van der Waals surface area contributed by atoms with Gasteiger partial charge in [0.15, 0.2) is 0 Å². The lowest BCUT2D eigenvalue weighted by Crippen LogP contribution is -2.33. The number of carbonyl (C=O) groups is 2. The van der Waals surface area contributed by atoms with Gasteiger partial charge in [-0.25, -0.2) is 0 Å². The Morgan fingerprint density at radius 3 is 2.53 bits per heavy atom. The topological polar surface area (TPSA) is 37.4 Å². The Morgan fingerprint density at radius 2 is 2.00 bits per heavy atom. The van der Waals surface area contributed by atoms with Crippen LogP contribution in [-0.4, -0.2) is 16.7 Å². The van der Waals surface area contributed by atoms with Crippen molar-refractivity contribution in [3.8, 4) is 0 Å². The molecule has 0 N–H and O–H groups in total. The minimum atomic E-state index is -0.249. The minimum Gasteiger partial charge on any atom is -0.269 e. The van der Waals surface area contributed by atoms with Crippen molar-refractivity contribution in [2.75, 3.05) is 0 Å². The zero-order valence-corrected chi connectivity index (χ0v) is 11.2. The van der Waals surface area contributed by atoms with E-state index in [-0.39, 0.29) is 17.9 Å². The molecule has 2 rings (SSSR count). The van der Waals surface area contributed by atoms with E-state index >= 15 is 0 Å². The second-order valence-electron chi connectivity index (χ2n) is 4.07. The molecule has 0 spiro atoms. The van der Waals surface area contributed by atoms with E-state index in [2.05, 4.69) is 15.9 Å². The lowest BCUT2D eigenvalue weighted by atomic mass is 10.1. The predicted molar refractivity (Wildman–Crippen MR) is 68.2 cm³/mol. The molecule has 0 fully saturated rings. The zero-order valence-electron chi connectivity index (χ0n) is 9.61. The van der Waals surface area contributed by atoms with Crippen LogP contribution in [0.3, 0.4) is 0 Å². The van der Waals surface area contributed by atoms with Crippen LogP contribution in [-0.2, 0) is 9.59 Å². The van der Waals surface area contributed by atoms with Crippen LogP contribution < -0.4 is 0 Å². The van der Waals surface area contributed by atoms with E-state index in [0.717, 1.165) is 10.0 Å². The Kier molecular flexibility index (Phi) is 3.15. The van der Waals surface area contributed by atoms with Crippen LogP contribution in [0.2, 0.25) is 0 Å². The highest BCUT2D eigenvalue weighted by Crippen LogP contribution is 2.27. The number of rotatable bonds is 2. The molecule has 1 heterocycles. The molecule has 0 aromatic heterocycles. The van der Waals surface area contributed by atoms with Gasteiger partial charge in [0, 0.05) is 16.1 Å². The van der Waals surface area contributed by atoms with Crippen molar-refractivity contribution in [2.24, 2.45) is 0 Å². The number of benzene rings is 1. The molecule has 1 aliphatic heterocycles. The van der Waals surface area contributed by atoms with Crippen molar-refractivity contribution in [1.82, 2.24) is 4.90 Å². The van der Waals surface area contributed by atoms with E-state index < -0.39 is 0 Å². The number of nitrogens with zero attached hydrogens (tertiary/aromatic N) is 1. The van der Waals surface area contributed by atoms with Crippen LogP contribution in [0.15, 0.2) is 40.4 Å². The molecule has 88 valence electrons. The van der Waals surface area contributed by atoms with E-state index in [1.165, 1.54) is 11.0 Å². The maximum absolute atomic E-state index is 11.8. The maximum atomic E-state index is 11.8. The van der Waals surface area contributed by atoms with Crippen molar-refractivity contribution in [1.29, 1.82) is 0 Å². The number of halogens is 1. The first kappa shape index (κ1) is 12.0. The third kappa shape index (κ3) is 2.17. The van der Waals surface area contributed by atoms with Gasteiger partial charge < -0.3 is 0 Å². The van der Waals surface area contributed by atoms with Gasteiger partial charge in [-0.15, -0.1) is 0 Å². The Bertz CT molecular complexity index is 522. The number of hydrogen-bond donors (Lipinski definition) is 0. The average Bonchev–Trinajstić information content (AvgIpc) is 2.52. The molecular formula is C13H12BrNO2. The van der Waals surface area contributed by atoms with Gasteiger partial charge in [0.1, 0.15) is 0 Å². The van der Waals surface area contributed by atoms with Gasteiger partial charge in [0.2, 0.25) is 0 Å². The molecule has 0 saturated carbocycles. The summed E-state index contributed by atoms with van der Waals surface area (Å²) in [5.74, 6) is -0.442.